The van der Waals surface area contributed by atoms with Crippen LogP contribution < -0.4 is 24.0 Å². The van der Waals surface area contributed by atoms with Gasteiger partial charge in [0.25, 0.3) is 0 Å². The van der Waals surface area contributed by atoms with Crippen LogP contribution in [-0.4, -0.2) is 30.4 Å². The van der Waals surface area contributed by atoms with Gasteiger partial charge >= 0.3 is 18.9 Å². The van der Waals surface area contributed by atoms with Crippen molar-refractivity contribution in [2.75, 3.05) is 13.6 Å². The third kappa shape index (κ3) is 9.82. The number of rotatable bonds is 7. The van der Waals surface area contributed by atoms with Gasteiger partial charge in [-0.1, -0.05) is 12.2 Å². The number of carboxylic acids is 1. The molecule has 86 valence electrons. The summed E-state index contributed by atoms with van der Waals surface area (Å²) in [6.07, 6.45) is 7.14. The number of hydrogen-bond acceptors (Lipinski definition) is 3. The Hall–Kier alpha value is -0.723. The van der Waals surface area contributed by atoms with E-state index in [0.717, 1.165) is 19.3 Å². The largest absolute Gasteiger partial charge is 1.00 e. The van der Waals surface area contributed by atoms with Crippen molar-refractivity contribution in [2.45, 2.75) is 32.6 Å². The third-order valence-electron chi connectivity index (χ3n) is 2.04. The van der Waals surface area contributed by atoms with Gasteiger partial charge in [-0.3, -0.25) is 4.79 Å². The maximum Gasteiger partial charge on any atom is 1.00 e. The predicted octanol–water partition coefficient (Wildman–Crippen LogP) is -2.66. The summed E-state index contributed by atoms with van der Waals surface area (Å²) >= 11 is 0. The van der Waals surface area contributed by atoms with E-state index in [9.17, 15) is 14.7 Å². The van der Waals surface area contributed by atoms with Crippen LogP contribution in [0.25, 0.3) is 0 Å². The van der Waals surface area contributed by atoms with E-state index in [1.807, 2.05) is 13.0 Å². The Labute approximate surface area is 109 Å². The van der Waals surface area contributed by atoms with Crippen LogP contribution in [-0.2, 0) is 9.59 Å². The summed E-state index contributed by atoms with van der Waals surface area (Å²) < 4.78 is 0. The first-order chi connectivity index (χ1) is 7.07. The van der Waals surface area contributed by atoms with Gasteiger partial charge in [0, 0.05) is 13.5 Å². The number of nitrogens with zero attached hydrogens (tertiary/aromatic N) is 1. The van der Waals surface area contributed by atoms with Gasteiger partial charge in [0.2, 0.25) is 5.91 Å². The van der Waals surface area contributed by atoms with E-state index in [-0.39, 0.29) is 31.3 Å². The van der Waals surface area contributed by atoms with Crippen LogP contribution in [0.15, 0.2) is 12.2 Å². The minimum atomic E-state index is -1.22. The van der Waals surface area contributed by atoms with E-state index in [0.29, 0.717) is 6.42 Å². The number of amides is 1. The van der Waals surface area contributed by atoms with Crippen molar-refractivity contribution >= 4 is 11.9 Å². The van der Waals surface area contributed by atoms with E-state index >= 15 is 0 Å². The number of allylic oxidation sites excluding steroid dienone is 2. The molecule has 0 aromatic rings. The van der Waals surface area contributed by atoms with Gasteiger partial charge in [-0.15, -0.1) is 0 Å². The van der Waals surface area contributed by atoms with Crippen LogP contribution in [0.3, 0.4) is 0 Å². The van der Waals surface area contributed by atoms with Crippen LogP contribution in [0.2, 0.25) is 0 Å². The first-order valence-corrected chi connectivity index (χ1v) is 5.13. The quantitative estimate of drug-likeness (QED) is 0.267. The molecular weight excluding hydrogens is 201 g/mol. The minimum Gasteiger partial charge on any atom is -0.548 e. The zero-order valence-corrected chi connectivity index (χ0v) is 10.4. The first kappa shape index (κ1) is 17.7. The third-order valence-corrected chi connectivity index (χ3v) is 2.04. The molecule has 5 heteroatoms. The molecule has 0 aliphatic heterocycles. The van der Waals surface area contributed by atoms with Crippen molar-refractivity contribution in [1.82, 2.24) is 4.90 Å². The van der Waals surface area contributed by atoms with Crippen molar-refractivity contribution < 1.29 is 33.6 Å². The minimum absolute atomic E-state index is 0. The zero-order valence-electron chi connectivity index (χ0n) is 10.4. The average molecular weight is 219 g/mol. The van der Waals surface area contributed by atoms with Gasteiger partial charge in [0.1, 0.15) is 0 Å². The topological polar surface area (TPSA) is 60.4 Å². The van der Waals surface area contributed by atoms with Gasteiger partial charge in [0.15, 0.2) is 0 Å². The summed E-state index contributed by atoms with van der Waals surface area (Å²) in [6, 6.07) is 0. The molecule has 0 aliphatic carbocycles. The molecule has 0 N–H and O–H groups in total. The summed E-state index contributed by atoms with van der Waals surface area (Å²) in [4.78, 5) is 22.7. The second-order valence-corrected chi connectivity index (χ2v) is 3.44. The van der Waals surface area contributed by atoms with Gasteiger partial charge in [0.05, 0.1) is 12.5 Å². The summed E-state index contributed by atoms with van der Waals surface area (Å²) in [5.41, 5.74) is 0. The number of likely N-dealkylation sites (N-methyl/N-ethyl adjacent to an activating group) is 1. The molecule has 0 saturated heterocycles. The molecule has 16 heavy (non-hydrogen) atoms. The normalized spacial score (nSPS) is 9.88. The molecule has 0 aliphatic rings. The van der Waals surface area contributed by atoms with E-state index in [1.165, 1.54) is 11.9 Å². The number of aliphatic carboxylic acids is 1. The Bertz CT molecular complexity index is 241. The second kappa shape index (κ2) is 10.8. The van der Waals surface area contributed by atoms with Gasteiger partial charge in [-0.25, -0.2) is 0 Å². The average Bonchev–Trinajstić information content (AvgIpc) is 2.16. The summed E-state index contributed by atoms with van der Waals surface area (Å²) in [6.45, 7) is 1.63. The molecule has 0 unspecified atom stereocenters. The molecule has 4 nitrogen and oxygen atoms in total. The number of carbonyl (C=O) groups is 2. The first-order valence-electron chi connectivity index (χ1n) is 5.13. The monoisotopic (exact) mass is 219 g/mol. The zero-order chi connectivity index (χ0) is 11.7. The van der Waals surface area contributed by atoms with E-state index in [1.54, 1.807) is 0 Å². The fraction of sp³-hybridized carbons (Fsp3) is 0.636. The summed E-state index contributed by atoms with van der Waals surface area (Å²) in [5, 5.41) is 10.2. The molecule has 0 radical (unpaired) electrons. The molecule has 0 saturated carbocycles. The second-order valence-electron chi connectivity index (χ2n) is 3.44. The van der Waals surface area contributed by atoms with Crippen molar-refractivity contribution in [2.24, 2.45) is 0 Å². The van der Waals surface area contributed by atoms with Crippen LogP contribution in [0.1, 0.15) is 32.6 Å². The van der Waals surface area contributed by atoms with Gasteiger partial charge in [-0.05, 0) is 26.2 Å². The van der Waals surface area contributed by atoms with E-state index < -0.39 is 5.97 Å². The Morgan fingerprint density at radius 1 is 1.31 bits per heavy atom. The van der Waals surface area contributed by atoms with Gasteiger partial charge in [-0.2, -0.15) is 0 Å². The molecule has 0 aromatic heterocycles. The van der Waals surface area contributed by atoms with Crippen LogP contribution in [0.4, 0.5) is 0 Å². The SMILES string of the molecule is C/C=C/CCCCC(=O)N(C)CC(=O)[O-].[Li+]. The Balaban J connectivity index is 0. The smallest absolute Gasteiger partial charge is 0.548 e. The molecular formula is C11H18LiNO3. The van der Waals surface area contributed by atoms with E-state index in [2.05, 4.69) is 6.08 Å². The molecule has 0 aromatic carbocycles. The fourth-order valence-corrected chi connectivity index (χ4v) is 1.18. The summed E-state index contributed by atoms with van der Waals surface area (Å²) in [7, 11) is 1.48. The Morgan fingerprint density at radius 2 is 1.94 bits per heavy atom. The van der Waals surface area contributed by atoms with Crippen molar-refractivity contribution in [3.63, 3.8) is 0 Å². The van der Waals surface area contributed by atoms with Crippen LogP contribution in [0, 0.1) is 0 Å². The number of carboxylic acid groups (broad SMARTS) is 1. The van der Waals surface area contributed by atoms with Crippen molar-refractivity contribution in [3.05, 3.63) is 12.2 Å². The molecule has 0 heterocycles. The Morgan fingerprint density at radius 3 is 2.44 bits per heavy atom. The molecule has 0 fully saturated rings. The van der Waals surface area contributed by atoms with Gasteiger partial charge < -0.3 is 14.8 Å². The standard InChI is InChI=1S/C11H19NO3.Li/c1-3-4-5-6-7-8-10(13)12(2)9-11(14)15;/h3-4H,5-9H2,1-2H3,(H,14,15);/q;+1/p-1/b4-3+;. The number of carbonyl (C=O) groups excluding carboxylic acids is 2. The van der Waals surface area contributed by atoms with E-state index in [4.69, 9.17) is 0 Å². The molecule has 0 spiro atoms. The van der Waals surface area contributed by atoms with Crippen LogP contribution >= 0.6 is 0 Å². The fourth-order valence-electron chi connectivity index (χ4n) is 1.18. The van der Waals surface area contributed by atoms with Crippen molar-refractivity contribution in [3.8, 4) is 0 Å². The molecule has 0 atom stereocenters. The molecule has 0 bridgehead atoms. The maximum absolute atomic E-state index is 11.3. The molecule has 1 amide bonds. The van der Waals surface area contributed by atoms with Crippen molar-refractivity contribution in [1.29, 1.82) is 0 Å². The number of hydrogen-bond donors (Lipinski definition) is 0. The number of unbranched alkanes of at least 4 members (excludes halogenated alkanes) is 2. The summed E-state index contributed by atoms with van der Waals surface area (Å²) in [5.74, 6) is -1.36. The maximum atomic E-state index is 11.3. The predicted molar refractivity (Wildman–Crippen MR) is 55.9 cm³/mol. The Kier molecular flexibility index (Phi) is 11.9. The van der Waals surface area contributed by atoms with Crippen LogP contribution in [0.5, 0.6) is 0 Å². The molecule has 0 rings (SSSR count).